The van der Waals surface area contributed by atoms with Crippen LogP contribution in [0.5, 0.6) is 0 Å². The molecule has 2 nitrogen and oxygen atoms in total. The minimum Gasteiger partial charge on any atom is -0.465 e. The van der Waals surface area contributed by atoms with Crippen LogP contribution in [0.15, 0.2) is 0 Å². The Labute approximate surface area is 87.0 Å². The van der Waals surface area contributed by atoms with Crippen molar-refractivity contribution in [2.24, 2.45) is 17.8 Å². The lowest BCUT2D eigenvalue weighted by Crippen LogP contribution is -2.09. The van der Waals surface area contributed by atoms with E-state index in [0.717, 1.165) is 25.7 Å². The fourth-order valence-electron chi connectivity index (χ4n) is 2.32. The third-order valence-electron chi connectivity index (χ3n) is 3.29. The molecule has 1 aliphatic rings. The Morgan fingerprint density at radius 2 is 1.71 bits per heavy atom. The first kappa shape index (κ1) is 11.5. The summed E-state index contributed by atoms with van der Waals surface area (Å²) in [4.78, 5) is 11.6. The van der Waals surface area contributed by atoms with Crippen molar-refractivity contribution in [3.63, 3.8) is 0 Å². The summed E-state index contributed by atoms with van der Waals surface area (Å²) in [5.74, 6) is 1.49. The Morgan fingerprint density at radius 1 is 1.14 bits per heavy atom. The fourth-order valence-corrected chi connectivity index (χ4v) is 2.32. The molecule has 1 rings (SSSR count). The van der Waals surface area contributed by atoms with Crippen molar-refractivity contribution in [3.8, 4) is 0 Å². The molecule has 0 aliphatic heterocycles. The van der Waals surface area contributed by atoms with E-state index < -0.39 is 0 Å². The second-order valence-corrected chi connectivity index (χ2v) is 4.19. The molecule has 0 amide bonds. The van der Waals surface area contributed by atoms with Gasteiger partial charge in [0.2, 0.25) is 0 Å². The van der Waals surface area contributed by atoms with Crippen LogP contribution in [0.4, 0.5) is 0 Å². The van der Waals surface area contributed by atoms with E-state index >= 15 is 0 Å². The van der Waals surface area contributed by atoms with Gasteiger partial charge in [-0.05, 0) is 18.3 Å². The Kier molecular flexibility index (Phi) is 4.43. The highest BCUT2D eigenvalue weighted by Crippen LogP contribution is 2.51. The molecule has 0 heterocycles. The average Bonchev–Trinajstić information content (AvgIpc) is 2.91. The molecule has 1 fully saturated rings. The second-order valence-electron chi connectivity index (χ2n) is 4.19. The zero-order valence-electron chi connectivity index (χ0n) is 9.58. The van der Waals surface area contributed by atoms with Crippen molar-refractivity contribution in [2.45, 2.75) is 46.5 Å². The minimum atomic E-state index is 0.0529. The van der Waals surface area contributed by atoms with Crippen LogP contribution in [0.3, 0.4) is 0 Å². The molecule has 0 bridgehead atoms. The maximum Gasteiger partial charge on any atom is 0.309 e. The summed E-state index contributed by atoms with van der Waals surface area (Å²) in [6, 6.07) is 0. The van der Waals surface area contributed by atoms with E-state index in [1.807, 2.05) is 0 Å². The van der Waals surface area contributed by atoms with E-state index in [9.17, 15) is 4.79 Å². The molecule has 2 unspecified atom stereocenters. The second kappa shape index (κ2) is 5.38. The molecule has 0 radical (unpaired) electrons. The highest BCUT2D eigenvalue weighted by molar-refractivity contribution is 5.76. The van der Waals surface area contributed by atoms with Crippen LogP contribution in [0.25, 0.3) is 0 Å². The van der Waals surface area contributed by atoms with Crippen LogP contribution in [0, 0.1) is 17.8 Å². The molecule has 82 valence electrons. The lowest BCUT2D eigenvalue weighted by atomic mass is 10.2. The summed E-state index contributed by atoms with van der Waals surface area (Å²) in [6.45, 7) is 7.03. The quantitative estimate of drug-likeness (QED) is 0.484. The van der Waals surface area contributed by atoms with Gasteiger partial charge in [-0.25, -0.2) is 0 Å². The molecule has 0 aromatic heterocycles. The Bertz CT molecular complexity index is 179. The number of hydrogen-bond acceptors (Lipinski definition) is 2. The Hall–Kier alpha value is -0.530. The molecular weight excluding hydrogens is 176 g/mol. The maximum atomic E-state index is 11.6. The third kappa shape index (κ3) is 2.49. The topological polar surface area (TPSA) is 26.3 Å². The molecule has 2 heteroatoms. The first-order valence-electron chi connectivity index (χ1n) is 5.92. The average molecular weight is 198 g/mol. The van der Waals surface area contributed by atoms with E-state index in [-0.39, 0.29) is 11.9 Å². The summed E-state index contributed by atoms with van der Waals surface area (Å²) in [6.07, 6.45) is 4.32. The number of esters is 1. The van der Waals surface area contributed by atoms with Gasteiger partial charge in [0.25, 0.3) is 0 Å². The van der Waals surface area contributed by atoms with Crippen molar-refractivity contribution >= 4 is 5.97 Å². The van der Waals surface area contributed by atoms with Gasteiger partial charge in [-0.15, -0.1) is 0 Å². The monoisotopic (exact) mass is 198 g/mol. The van der Waals surface area contributed by atoms with Gasteiger partial charge in [0.1, 0.15) is 0 Å². The lowest BCUT2D eigenvalue weighted by molar-refractivity contribution is -0.146. The first-order chi connectivity index (χ1) is 6.76. The highest BCUT2D eigenvalue weighted by atomic mass is 16.5. The Balaban J connectivity index is 2.25. The lowest BCUT2D eigenvalue weighted by Gasteiger charge is -2.02. The van der Waals surface area contributed by atoms with E-state index in [4.69, 9.17) is 4.74 Å². The molecule has 2 atom stereocenters. The molecule has 1 saturated carbocycles. The molecule has 0 N–H and O–H groups in total. The number of carbonyl (C=O) groups is 1. The van der Waals surface area contributed by atoms with E-state index in [1.165, 1.54) is 0 Å². The molecule has 0 aromatic carbocycles. The maximum absolute atomic E-state index is 11.6. The van der Waals surface area contributed by atoms with Gasteiger partial charge in [-0.2, -0.15) is 0 Å². The summed E-state index contributed by atoms with van der Waals surface area (Å²) >= 11 is 0. The number of unbranched alkanes of at least 4 members (excludes halogenated alkanes) is 1. The number of ether oxygens (including phenoxy) is 1. The zero-order chi connectivity index (χ0) is 10.6. The number of carbonyl (C=O) groups excluding carboxylic acids is 1. The predicted molar refractivity (Wildman–Crippen MR) is 56.9 cm³/mol. The molecule has 0 aromatic rings. The standard InChI is InChI=1S/C12H22O2/c1-4-7-8-14-12(13)11-9(5-2)10(11)6-3/h9-11H,4-8H2,1-3H3. The largest absolute Gasteiger partial charge is 0.465 e. The van der Waals surface area contributed by atoms with Crippen LogP contribution in [0.1, 0.15) is 46.5 Å². The summed E-state index contributed by atoms with van der Waals surface area (Å²) in [7, 11) is 0. The van der Waals surface area contributed by atoms with Crippen LogP contribution < -0.4 is 0 Å². The summed E-state index contributed by atoms with van der Waals surface area (Å²) < 4.78 is 5.23. The van der Waals surface area contributed by atoms with Gasteiger partial charge in [0.05, 0.1) is 12.5 Å². The van der Waals surface area contributed by atoms with Crippen LogP contribution in [-0.4, -0.2) is 12.6 Å². The van der Waals surface area contributed by atoms with Crippen molar-refractivity contribution in [3.05, 3.63) is 0 Å². The van der Waals surface area contributed by atoms with Gasteiger partial charge < -0.3 is 4.74 Å². The molecule has 0 saturated heterocycles. The minimum absolute atomic E-state index is 0.0529. The fraction of sp³-hybridized carbons (Fsp3) is 0.917. The summed E-state index contributed by atoms with van der Waals surface area (Å²) in [5.41, 5.74) is 0. The van der Waals surface area contributed by atoms with Gasteiger partial charge in [0, 0.05) is 0 Å². The molecule has 1 aliphatic carbocycles. The van der Waals surface area contributed by atoms with Crippen molar-refractivity contribution in [1.29, 1.82) is 0 Å². The normalized spacial score (nSPS) is 30.1. The van der Waals surface area contributed by atoms with E-state index in [0.29, 0.717) is 18.4 Å². The molecule has 0 spiro atoms. The Morgan fingerprint density at radius 3 is 2.14 bits per heavy atom. The van der Waals surface area contributed by atoms with Crippen molar-refractivity contribution in [2.75, 3.05) is 6.61 Å². The van der Waals surface area contributed by atoms with E-state index in [2.05, 4.69) is 20.8 Å². The van der Waals surface area contributed by atoms with Gasteiger partial charge in [-0.1, -0.05) is 40.0 Å². The van der Waals surface area contributed by atoms with Crippen LogP contribution >= 0.6 is 0 Å². The molecule has 14 heavy (non-hydrogen) atoms. The van der Waals surface area contributed by atoms with Gasteiger partial charge in [-0.3, -0.25) is 4.79 Å². The van der Waals surface area contributed by atoms with Crippen molar-refractivity contribution < 1.29 is 9.53 Å². The number of hydrogen-bond donors (Lipinski definition) is 0. The summed E-state index contributed by atoms with van der Waals surface area (Å²) in [5, 5.41) is 0. The van der Waals surface area contributed by atoms with Gasteiger partial charge in [0.15, 0.2) is 0 Å². The third-order valence-corrected chi connectivity index (χ3v) is 3.29. The van der Waals surface area contributed by atoms with E-state index in [1.54, 1.807) is 0 Å². The molecular formula is C12H22O2. The highest BCUT2D eigenvalue weighted by Gasteiger charge is 2.52. The zero-order valence-corrected chi connectivity index (χ0v) is 9.58. The SMILES string of the molecule is CCCCOC(=O)C1C(CC)C1CC. The van der Waals surface area contributed by atoms with Gasteiger partial charge >= 0.3 is 5.97 Å². The van der Waals surface area contributed by atoms with Crippen LogP contribution in [-0.2, 0) is 9.53 Å². The predicted octanol–water partition coefficient (Wildman–Crippen LogP) is 3.01. The van der Waals surface area contributed by atoms with Crippen LogP contribution in [0.2, 0.25) is 0 Å². The van der Waals surface area contributed by atoms with Crippen molar-refractivity contribution in [1.82, 2.24) is 0 Å². The smallest absolute Gasteiger partial charge is 0.309 e. The first-order valence-corrected chi connectivity index (χ1v) is 5.92. The number of rotatable bonds is 6.